The molecule has 0 aliphatic heterocycles. The Labute approximate surface area is 105 Å². The predicted molar refractivity (Wildman–Crippen MR) is 77.5 cm³/mol. The van der Waals surface area contributed by atoms with E-state index >= 15 is 0 Å². The molecule has 96 valence electrons. The SMILES string of the molecule is CC(C)c1cc(C(C)C)c(C(C)C)c(N)c1N. The van der Waals surface area contributed by atoms with Gasteiger partial charge in [-0.15, -0.1) is 0 Å². The highest BCUT2D eigenvalue weighted by atomic mass is 14.7. The molecule has 0 radical (unpaired) electrons. The van der Waals surface area contributed by atoms with Crippen molar-refractivity contribution < 1.29 is 0 Å². The summed E-state index contributed by atoms with van der Waals surface area (Å²) < 4.78 is 0. The van der Waals surface area contributed by atoms with Gasteiger partial charge in [-0.2, -0.15) is 0 Å². The van der Waals surface area contributed by atoms with E-state index in [1.165, 1.54) is 16.7 Å². The van der Waals surface area contributed by atoms with Gasteiger partial charge >= 0.3 is 0 Å². The number of rotatable bonds is 3. The van der Waals surface area contributed by atoms with Crippen molar-refractivity contribution in [2.45, 2.75) is 59.3 Å². The number of nitrogen functional groups attached to an aromatic ring is 2. The van der Waals surface area contributed by atoms with Crippen LogP contribution in [0.15, 0.2) is 6.07 Å². The number of nitrogens with two attached hydrogens (primary N) is 2. The predicted octanol–water partition coefficient (Wildman–Crippen LogP) is 4.22. The first-order valence-electron chi connectivity index (χ1n) is 6.48. The van der Waals surface area contributed by atoms with Crippen LogP contribution in [0.1, 0.15) is 76.0 Å². The van der Waals surface area contributed by atoms with E-state index in [1.54, 1.807) is 0 Å². The van der Waals surface area contributed by atoms with E-state index in [0.717, 1.165) is 11.4 Å². The molecular weight excluding hydrogens is 208 g/mol. The molecule has 4 N–H and O–H groups in total. The van der Waals surface area contributed by atoms with Gasteiger partial charge in [0.1, 0.15) is 0 Å². The highest BCUT2D eigenvalue weighted by Gasteiger charge is 2.19. The fraction of sp³-hybridized carbons (Fsp3) is 0.600. The third kappa shape index (κ3) is 2.56. The smallest absolute Gasteiger partial charge is 0.0588 e. The van der Waals surface area contributed by atoms with Gasteiger partial charge in [0, 0.05) is 0 Å². The maximum absolute atomic E-state index is 6.24. The summed E-state index contributed by atoms with van der Waals surface area (Å²) in [5, 5.41) is 0. The van der Waals surface area contributed by atoms with Gasteiger partial charge in [0.15, 0.2) is 0 Å². The van der Waals surface area contributed by atoms with Gasteiger partial charge in [0.05, 0.1) is 11.4 Å². The van der Waals surface area contributed by atoms with Crippen molar-refractivity contribution in [3.8, 4) is 0 Å². The van der Waals surface area contributed by atoms with Gasteiger partial charge in [0.2, 0.25) is 0 Å². The number of hydrogen-bond acceptors (Lipinski definition) is 2. The molecule has 0 aliphatic carbocycles. The number of benzene rings is 1. The van der Waals surface area contributed by atoms with E-state index in [0.29, 0.717) is 17.8 Å². The second-order valence-corrected chi connectivity index (χ2v) is 5.76. The second kappa shape index (κ2) is 4.99. The molecule has 1 aromatic carbocycles. The van der Waals surface area contributed by atoms with Gasteiger partial charge in [-0.1, -0.05) is 47.6 Å². The van der Waals surface area contributed by atoms with Crippen LogP contribution in [0, 0.1) is 0 Å². The van der Waals surface area contributed by atoms with Crippen LogP contribution >= 0.6 is 0 Å². The van der Waals surface area contributed by atoms with Gasteiger partial charge in [-0.3, -0.25) is 0 Å². The Kier molecular flexibility index (Phi) is 4.07. The van der Waals surface area contributed by atoms with Crippen molar-refractivity contribution in [1.29, 1.82) is 0 Å². The van der Waals surface area contributed by atoms with Crippen LogP contribution in [0.25, 0.3) is 0 Å². The first-order chi connectivity index (χ1) is 7.77. The van der Waals surface area contributed by atoms with Crippen molar-refractivity contribution in [1.82, 2.24) is 0 Å². The maximum atomic E-state index is 6.24. The van der Waals surface area contributed by atoms with E-state index in [2.05, 4.69) is 47.6 Å². The van der Waals surface area contributed by atoms with Crippen LogP contribution in [0.4, 0.5) is 11.4 Å². The Bertz CT molecular complexity index is 404. The van der Waals surface area contributed by atoms with Gasteiger partial charge < -0.3 is 11.5 Å². The standard InChI is InChI=1S/C15H26N2/c1-8(2)11-7-12(9(3)4)14(16)15(17)13(11)10(5)6/h7-10H,16-17H2,1-6H3. The fourth-order valence-corrected chi connectivity index (χ4v) is 2.38. The molecule has 0 fully saturated rings. The lowest BCUT2D eigenvalue weighted by molar-refractivity contribution is 0.782. The number of hydrogen-bond donors (Lipinski definition) is 2. The zero-order valence-electron chi connectivity index (χ0n) is 12.0. The average Bonchev–Trinajstić information content (AvgIpc) is 2.19. The van der Waals surface area contributed by atoms with E-state index in [4.69, 9.17) is 11.5 Å². The Morgan fingerprint density at radius 1 is 0.706 bits per heavy atom. The van der Waals surface area contributed by atoms with Gasteiger partial charge in [-0.05, 0) is 34.4 Å². The van der Waals surface area contributed by atoms with Crippen LogP contribution in [0.3, 0.4) is 0 Å². The van der Waals surface area contributed by atoms with E-state index < -0.39 is 0 Å². The lowest BCUT2D eigenvalue weighted by Crippen LogP contribution is -2.10. The molecule has 2 heteroatoms. The first kappa shape index (κ1) is 13.9. The summed E-state index contributed by atoms with van der Waals surface area (Å²) in [4.78, 5) is 0. The Hall–Kier alpha value is -1.18. The van der Waals surface area contributed by atoms with Crippen molar-refractivity contribution in [3.05, 3.63) is 22.8 Å². The summed E-state index contributed by atoms with van der Waals surface area (Å²) in [6, 6.07) is 2.25. The minimum absolute atomic E-state index is 0.413. The van der Waals surface area contributed by atoms with Crippen LogP contribution in [0.2, 0.25) is 0 Å². The molecule has 17 heavy (non-hydrogen) atoms. The monoisotopic (exact) mass is 234 g/mol. The Morgan fingerprint density at radius 3 is 1.53 bits per heavy atom. The quantitative estimate of drug-likeness (QED) is 0.769. The Balaban J connectivity index is 3.57. The van der Waals surface area contributed by atoms with Crippen molar-refractivity contribution in [2.75, 3.05) is 11.5 Å². The van der Waals surface area contributed by atoms with Crippen molar-refractivity contribution in [2.24, 2.45) is 0 Å². The molecule has 1 rings (SSSR count). The molecule has 2 nitrogen and oxygen atoms in total. The lowest BCUT2D eigenvalue weighted by atomic mass is 9.84. The summed E-state index contributed by atoms with van der Waals surface area (Å²) in [6.07, 6.45) is 0. The summed E-state index contributed by atoms with van der Waals surface area (Å²) >= 11 is 0. The molecule has 0 amide bonds. The molecule has 0 saturated heterocycles. The summed E-state index contributed by atoms with van der Waals surface area (Å²) in [6.45, 7) is 13.1. The third-order valence-electron chi connectivity index (χ3n) is 3.33. The summed E-state index contributed by atoms with van der Waals surface area (Å²) in [5.41, 5.74) is 17.7. The zero-order valence-corrected chi connectivity index (χ0v) is 12.0. The minimum atomic E-state index is 0.413. The molecule has 0 bridgehead atoms. The first-order valence-corrected chi connectivity index (χ1v) is 6.48. The lowest BCUT2D eigenvalue weighted by Gasteiger charge is -2.23. The van der Waals surface area contributed by atoms with Crippen LogP contribution < -0.4 is 11.5 Å². The molecular formula is C15H26N2. The third-order valence-corrected chi connectivity index (χ3v) is 3.33. The number of anilines is 2. The minimum Gasteiger partial charge on any atom is -0.397 e. The molecule has 0 aliphatic rings. The van der Waals surface area contributed by atoms with Gasteiger partial charge in [-0.25, -0.2) is 0 Å². The van der Waals surface area contributed by atoms with Crippen LogP contribution in [-0.4, -0.2) is 0 Å². The normalized spacial score (nSPS) is 11.8. The summed E-state index contributed by atoms with van der Waals surface area (Å²) in [5.74, 6) is 1.31. The zero-order chi connectivity index (χ0) is 13.3. The maximum Gasteiger partial charge on any atom is 0.0588 e. The van der Waals surface area contributed by atoms with Crippen molar-refractivity contribution >= 4 is 11.4 Å². The van der Waals surface area contributed by atoms with E-state index in [1.807, 2.05) is 0 Å². The van der Waals surface area contributed by atoms with E-state index in [-0.39, 0.29) is 0 Å². The Morgan fingerprint density at radius 2 is 1.18 bits per heavy atom. The fourth-order valence-electron chi connectivity index (χ4n) is 2.38. The average molecular weight is 234 g/mol. The molecule has 0 saturated carbocycles. The molecule has 0 aromatic heterocycles. The highest BCUT2D eigenvalue weighted by molar-refractivity contribution is 5.74. The second-order valence-electron chi connectivity index (χ2n) is 5.76. The van der Waals surface area contributed by atoms with E-state index in [9.17, 15) is 0 Å². The highest BCUT2D eigenvalue weighted by Crippen LogP contribution is 2.39. The van der Waals surface area contributed by atoms with Crippen molar-refractivity contribution in [3.63, 3.8) is 0 Å². The van der Waals surface area contributed by atoms with Crippen LogP contribution in [-0.2, 0) is 0 Å². The molecule has 1 aromatic rings. The largest absolute Gasteiger partial charge is 0.397 e. The van der Waals surface area contributed by atoms with Gasteiger partial charge in [0.25, 0.3) is 0 Å². The van der Waals surface area contributed by atoms with Crippen LogP contribution in [0.5, 0.6) is 0 Å². The molecule has 0 spiro atoms. The molecule has 0 heterocycles. The topological polar surface area (TPSA) is 52.0 Å². The molecule has 0 atom stereocenters. The molecule has 0 unspecified atom stereocenters. The summed E-state index contributed by atoms with van der Waals surface area (Å²) in [7, 11) is 0.